The van der Waals surface area contributed by atoms with Crippen molar-refractivity contribution in [2.24, 2.45) is 11.8 Å². The fourth-order valence-corrected chi connectivity index (χ4v) is 5.23. The van der Waals surface area contributed by atoms with E-state index < -0.39 is 23.8 Å². The van der Waals surface area contributed by atoms with Gasteiger partial charge in [-0.2, -0.15) is 0 Å². The number of anilines is 1. The van der Waals surface area contributed by atoms with Crippen LogP contribution in [0.1, 0.15) is 42.9 Å². The summed E-state index contributed by atoms with van der Waals surface area (Å²) in [6.45, 7) is 3.78. The zero-order chi connectivity index (χ0) is 31.8. The molecule has 1 aliphatic heterocycles. The fraction of sp³-hybridized carbons (Fsp3) is 0.158. The number of hydrogen-bond acceptors (Lipinski definition) is 6. The lowest BCUT2D eigenvalue weighted by atomic mass is 9.85. The van der Waals surface area contributed by atoms with Gasteiger partial charge in [-0.1, -0.05) is 86.6 Å². The van der Waals surface area contributed by atoms with Crippen molar-refractivity contribution in [3.05, 3.63) is 138 Å². The molecule has 0 aliphatic carbocycles. The molecule has 3 unspecified atom stereocenters. The van der Waals surface area contributed by atoms with Gasteiger partial charge in [0.1, 0.15) is 11.5 Å². The highest BCUT2D eigenvalue weighted by Crippen LogP contribution is 2.37. The van der Waals surface area contributed by atoms with Crippen LogP contribution in [0.2, 0.25) is 0 Å². The van der Waals surface area contributed by atoms with Crippen molar-refractivity contribution in [2.75, 3.05) is 4.90 Å². The molecule has 0 spiro atoms. The Labute approximate surface area is 262 Å². The molecule has 7 heteroatoms. The topological polar surface area (TPSA) is 90.0 Å². The number of carbonyl (C=O) groups excluding carboxylic acids is 4. The highest BCUT2D eigenvalue weighted by Gasteiger charge is 2.46. The number of benzene rings is 4. The summed E-state index contributed by atoms with van der Waals surface area (Å²) in [5.74, 6) is -1.82. The van der Waals surface area contributed by atoms with Crippen molar-refractivity contribution < 1.29 is 28.7 Å². The summed E-state index contributed by atoms with van der Waals surface area (Å²) in [6.07, 6.45) is 6.56. The number of esters is 2. The Kier molecular flexibility index (Phi) is 9.80. The van der Waals surface area contributed by atoms with Crippen LogP contribution in [0.3, 0.4) is 0 Å². The quantitative estimate of drug-likeness (QED) is 0.0826. The van der Waals surface area contributed by atoms with Crippen LogP contribution in [0.15, 0.2) is 121 Å². The Hall–Kier alpha value is -5.56. The summed E-state index contributed by atoms with van der Waals surface area (Å²) in [5, 5.41) is 0. The van der Waals surface area contributed by atoms with E-state index in [1.165, 1.54) is 17.1 Å². The molecule has 5 rings (SSSR count). The Balaban J connectivity index is 1.16. The van der Waals surface area contributed by atoms with Gasteiger partial charge in [-0.25, -0.2) is 9.59 Å². The summed E-state index contributed by atoms with van der Waals surface area (Å²) in [7, 11) is 0. The Bertz CT molecular complexity index is 1710. The van der Waals surface area contributed by atoms with Crippen molar-refractivity contribution in [1.29, 1.82) is 0 Å². The summed E-state index contributed by atoms with van der Waals surface area (Å²) in [5.41, 5.74) is 3.17. The van der Waals surface area contributed by atoms with Gasteiger partial charge in [0, 0.05) is 18.1 Å². The average molecular weight is 600 g/mol. The molecule has 0 saturated carbocycles. The van der Waals surface area contributed by atoms with Crippen LogP contribution in [0.4, 0.5) is 5.69 Å². The van der Waals surface area contributed by atoms with Gasteiger partial charge in [-0.05, 0) is 77.6 Å². The summed E-state index contributed by atoms with van der Waals surface area (Å²) < 4.78 is 10.8. The van der Waals surface area contributed by atoms with Crippen molar-refractivity contribution in [3.8, 4) is 11.5 Å². The molecule has 4 aromatic rings. The molecule has 0 aromatic heterocycles. The molecule has 45 heavy (non-hydrogen) atoms. The summed E-state index contributed by atoms with van der Waals surface area (Å²) in [4.78, 5) is 52.3. The summed E-state index contributed by atoms with van der Waals surface area (Å²) in [6, 6.07) is 32.4. The number of rotatable bonds is 10. The highest BCUT2D eigenvalue weighted by atomic mass is 16.5. The van der Waals surface area contributed by atoms with Gasteiger partial charge in [-0.15, -0.1) is 0 Å². The first-order valence-corrected chi connectivity index (χ1v) is 14.8. The lowest BCUT2D eigenvalue weighted by molar-refractivity contribution is -0.129. The Morgan fingerprint density at radius 2 is 1.16 bits per heavy atom. The Morgan fingerprint density at radius 3 is 1.64 bits per heavy atom. The number of hydrogen-bond donors (Lipinski definition) is 0. The SMILES string of the molecule is CC(CC1C(=O)N(c2ccc(OC(=O)/C=C/c3ccccc3)cc2)C(=O)C1C)c1ccc(OC(=O)/C=C/c2ccccc2)cc1. The number of ether oxygens (including phenoxy) is 2. The lowest BCUT2D eigenvalue weighted by Crippen LogP contribution is -2.30. The van der Waals surface area contributed by atoms with Gasteiger partial charge in [0.05, 0.1) is 11.6 Å². The normalized spacial score (nSPS) is 17.2. The van der Waals surface area contributed by atoms with E-state index in [1.54, 1.807) is 55.5 Å². The van der Waals surface area contributed by atoms with Gasteiger partial charge in [0.25, 0.3) is 0 Å². The van der Waals surface area contributed by atoms with Crippen LogP contribution in [0, 0.1) is 11.8 Å². The second-order valence-corrected chi connectivity index (χ2v) is 10.9. The molecule has 3 atom stereocenters. The molecule has 226 valence electrons. The van der Waals surface area contributed by atoms with Crippen molar-refractivity contribution >= 4 is 41.6 Å². The third-order valence-electron chi connectivity index (χ3n) is 7.76. The fourth-order valence-electron chi connectivity index (χ4n) is 5.23. The molecule has 1 saturated heterocycles. The minimum atomic E-state index is -0.534. The Morgan fingerprint density at radius 1 is 0.689 bits per heavy atom. The molecule has 1 fully saturated rings. The third-order valence-corrected chi connectivity index (χ3v) is 7.76. The molecule has 0 N–H and O–H groups in total. The molecule has 4 aromatic carbocycles. The maximum Gasteiger partial charge on any atom is 0.336 e. The molecule has 7 nitrogen and oxygen atoms in total. The molecule has 0 radical (unpaired) electrons. The first kappa shape index (κ1) is 30.9. The predicted molar refractivity (Wildman–Crippen MR) is 173 cm³/mol. The summed E-state index contributed by atoms with van der Waals surface area (Å²) >= 11 is 0. The zero-order valence-electron chi connectivity index (χ0n) is 25.0. The van der Waals surface area contributed by atoms with Crippen LogP contribution < -0.4 is 14.4 Å². The molecular formula is C38H33NO6. The minimum Gasteiger partial charge on any atom is -0.423 e. The van der Waals surface area contributed by atoms with Crippen LogP contribution in [0.25, 0.3) is 12.2 Å². The molecule has 1 heterocycles. The van der Waals surface area contributed by atoms with Crippen molar-refractivity contribution in [2.45, 2.75) is 26.2 Å². The van der Waals surface area contributed by atoms with Gasteiger partial charge < -0.3 is 9.47 Å². The third kappa shape index (κ3) is 7.89. The van der Waals surface area contributed by atoms with Crippen LogP contribution in [-0.2, 0) is 19.2 Å². The minimum absolute atomic E-state index is 0.0254. The van der Waals surface area contributed by atoms with E-state index in [2.05, 4.69) is 0 Å². The molecular weight excluding hydrogens is 566 g/mol. The number of amides is 2. The smallest absolute Gasteiger partial charge is 0.336 e. The van der Waals surface area contributed by atoms with E-state index in [0.29, 0.717) is 23.6 Å². The van der Waals surface area contributed by atoms with E-state index >= 15 is 0 Å². The number of carbonyl (C=O) groups is 4. The van der Waals surface area contributed by atoms with E-state index in [0.717, 1.165) is 16.7 Å². The second-order valence-electron chi connectivity index (χ2n) is 10.9. The molecule has 1 aliphatic rings. The predicted octanol–water partition coefficient (Wildman–Crippen LogP) is 7.24. The van der Waals surface area contributed by atoms with Gasteiger partial charge >= 0.3 is 11.9 Å². The maximum absolute atomic E-state index is 13.5. The molecule has 0 bridgehead atoms. The standard InChI is InChI=1S/C38H33NO6/c1-26(30-15-19-32(20-16-30)44-35(40)23-13-28-9-5-3-6-10-28)25-34-27(2)37(42)39(38(34)43)31-17-21-33(22-18-31)45-36(41)24-14-29-11-7-4-8-12-29/h3-24,26-27,34H,25H2,1-2H3/b23-13+,24-14+. The van der Waals surface area contributed by atoms with Crippen molar-refractivity contribution in [3.63, 3.8) is 0 Å². The zero-order valence-corrected chi connectivity index (χ0v) is 25.0. The highest BCUT2D eigenvalue weighted by molar-refractivity contribution is 6.21. The number of imide groups is 1. The maximum atomic E-state index is 13.5. The van der Waals surface area contributed by atoms with E-state index in [1.807, 2.05) is 79.7 Å². The van der Waals surface area contributed by atoms with E-state index in [9.17, 15) is 19.2 Å². The second kappa shape index (κ2) is 14.3. The van der Waals surface area contributed by atoms with Crippen LogP contribution in [-0.4, -0.2) is 23.8 Å². The first-order chi connectivity index (χ1) is 21.8. The average Bonchev–Trinajstić information content (AvgIpc) is 3.27. The lowest BCUT2D eigenvalue weighted by Gasteiger charge is -2.18. The van der Waals surface area contributed by atoms with Gasteiger partial charge in [0.15, 0.2) is 0 Å². The van der Waals surface area contributed by atoms with Crippen LogP contribution >= 0.6 is 0 Å². The number of nitrogens with zero attached hydrogens (tertiary/aromatic N) is 1. The molecule has 2 amide bonds. The van der Waals surface area contributed by atoms with E-state index in [4.69, 9.17) is 9.47 Å². The largest absolute Gasteiger partial charge is 0.423 e. The first-order valence-electron chi connectivity index (χ1n) is 14.8. The van der Waals surface area contributed by atoms with Crippen LogP contribution in [0.5, 0.6) is 11.5 Å². The van der Waals surface area contributed by atoms with Crippen molar-refractivity contribution in [1.82, 2.24) is 0 Å². The van der Waals surface area contributed by atoms with Gasteiger partial charge in [0.2, 0.25) is 11.8 Å². The van der Waals surface area contributed by atoms with E-state index in [-0.39, 0.29) is 17.7 Å². The monoisotopic (exact) mass is 599 g/mol. The van der Waals surface area contributed by atoms with Gasteiger partial charge in [-0.3, -0.25) is 14.5 Å².